The SMILES string of the molecule is N#CCC(=O)N1CCCC1Cc1c(F)cccc1Cl. The van der Waals surface area contributed by atoms with Gasteiger partial charge in [0.05, 0.1) is 6.07 Å². The molecule has 0 spiro atoms. The first-order chi connectivity index (χ1) is 9.13. The topological polar surface area (TPSA) is 44.1 Å². The number of nitriles is 1. The van der Waals surface area contributed by atoms with E-state index in [-0.39, 0.29) is 24.2 Å². The number of amides is 1. The number of nitrogens with zero attached hydrogens (tertiary/aromatic N) is 2. The van der Waals surface area contributed by atoms with E-state index in [1.807, 2.05) is 6.07 Å². The molecule has 19 heavy (non-hydrogen) atoms. The van der Waals surface area contributed by atoms with Crippen molar-refractivity contribution in [3.63, 3.8) is 0 Å². The van der Waals surface area contributed by atoms with Crippen LogP contribution in [0.15, 0.2) is 18.2 Å². The normalized spacial score (nSPS) is 18.4. The van der Waals surface area contributed by atoms with E-state index in [1.165, 1.54) is 6.07 Å². The fourth-order valence-corrected chi connectivity index (χ4v) is 2.75. The zero-order valence-electron chi connectivity index (χ0n) is 10.4. The maximum atomic E-state index is 13.7. The van der Waals surface area contributed by atoms with Crippen molar-refractivity contribution in [1.29, 1.82) is 5.26 Å². The van der Waals surface area contributed by atoms with Crippen molar-refractivity contribution in [3.05, 3.63) is 34.6 Å². The Bertz CT molecular complexity index is 506. The number of hydrogen-bond acceptors (Lipinski definition) is 2. The summed E-state index contributed by atoms with van der Waals surface area (Å²) in [6, 6.07) is 6.39. The van der Waals surface area contributed by atoms with Crippen molar-refractivity contribution in [2.75, 3.05) is 6.54 Å². The van der Waals surface area contributed by atoms with E-state index in [2.05, 4.69) is 0 Å². The average molecular weight is 281 g/mol. The van der Waals surface area contributed by atoms with Crippen LogP contribution in [0.5, 0.6) is 0 Å². The number of rotatable bonds is 3. The summed E-state index contributed by atoms with van der Waals surface area (Å²) in [5.74, 6) is -0.524. The number of likely N-dealkylation sites (tertiary alicyclic amines) is 1. The number of hydrogen-bond donors (Lipinski definition) is 0. The summed E-state index contributed by atoms with van der Waals surface area (Å²) in [6.45, 7) is 0.636. The molecule has 0 aromatic heterocycles. The van der Waals surface area contributed by atoms with Gasteiger partial charge in [-0.2, -0.15) is 5.26 Å². The maximum absolute atomic E-state index is 13.7. The fraction of sp³-hybridized carbons (Fsp3) is 0.429. The molecule has 1 heterocycles. The number of carbonyl (C=O) groups is 1. The highest BCUT2D eigenvalue weighted by Crippen LogP contribution is 2.27. The smallest absolute Gasteiger partial charge is 0.237 e. The van der Waals surface area contributed by atoms with Gasteiger partial charge in [0.15, 0.2) is 0 Å². The van der Waals surface area contributed by atoms with E-state index >= 15 is 0 Å². The highest BCUT2D eigenvalue weighted by molar-refractivity contribution is 6.31. The number of halogens is 2. The molecule has 1 saturated heterocycles. The molecule has 0 saturated carbocycles. The van der Waals surface area contributed by atoms with Crippen molar-refractivity contribution < 1.29 is 9.18 Å². The van der Waals surface area contributed by atoms with Gasteiger partial charge in [0.1, 0.15) is 12.2 Å². The predicted molar refractivity (Wildman–Crippen MR) is 70.1 cm³/mol. The minimum absolute atomic E-state index is 0.0600. The van der Waals surface area contributed by atoms with Crippen LogP contribution in [0.2, 0.25) is 5.02 Å². The van der Waals surface area contributed by atoms with E-state index < -0.39 is 0 Å². The van der Waals surface area contributed by atoms with Crippen LogP contribution in [0, 0.1) is 17.1 Å². The fourth-order valence-electron chi connectivity index (χ4n) is 2.51. The molecule has 100 valence electrons. The lowest BCUT2D eigenvalue weighted by atomic mass is 10.0. The summed E-state index contributed by atoms with van der Waals surface area (Å²) < 4.78 is 13.7. The third kappa shape index (κ3) is 3.05. The van der Waals surface area contributed by atoms with E-state index in [4.69, 9.17) is 16.9 Å². The van der Waals surface area contributed by atoms with Gasteiger partial charge in [0, 0.05) is 23.2 Å². The zero-order chi connectivity index (χ0) is 13.8. The molecule has 0 N–H and O–H groups in total. The monoisotopic (exact) mass is 280 g/mol. The molecule has 2 rings (SSSR count). The lowest BCUT2D eigenvalue weighted by Crippen LogP contribution is -2.36. The Morgan fingerprint density at radius 3 is 3.05 bits per heavy atom. The summed E-state index contributed by atoms with van der Waals surface area (Å²) in [4.78, 5) is 13.5. The number of benzene rings is 1. The lowest BCUT2D eigenvalue weighted by Gasteiger charge is -2.24. The molecule has 1 amide bonds. The minimum Gasteiger partial charge on any atom is -0.338 e. The summed E-state index contributed by atoms with van der Waals surface area (Å²) in [5.41, 5.74) is 0.450. The summed E-state index contributed by atoms with van der Waals surface area (Å²) in [6.07, 6.45) is 1.99. The van der Waals surface area contributed by atoms with Gasteiger partial charge < -0.3 is 4.90 Å². The van der Waals surface area contributed by atoms with Gasteiger partial charge in [0.2, 0.25) is 5.91 Å². The third-order valence-electron chi connectivity index (χ3n) is 3.43. The molecule has 1 aromatic carbocycles. The first-order valence-electron chi connectivity index (χ1n) is 6.22. The summed E-state index contributed by atoms with van der Waals surface area (Å²) in [5, 5.41) is 8.97. The van der Waals surface area contributed by atoms with E-state index in [0.717, 1.165) is 12.8 Å². The molecular formula is C14H14ClFN2O. The molecule has 1 aromatic rings. The second kappa shape index (κ2) is 6.03. The van der Waals surface area contributed by atoms with Crippen molar-refractivity contribution in [2.24, 2.45) is 0 Å². The van der Waals surface area contributed by atoms with Crippen molar-refractivity contribution in [2.45, 2.75) is 31.7 Å². The van der Waals surface area contributed by atoms with Crippen molar-refractivity contribution >= 4 is 17.5 Å². The highest BCUT2D eigenvalue weighted by Gasteiger charge is 2.29. The highest BCUT2D eigenvalue weighted by atomic mass is 35.5. The van der Waals surface area contributed by atoms with Gasteiger partial charge in [-0.05, 0) is 31.4 Å². The minimum atomic E-state index is -0.341. The molecule has 1 aliphatic heterocycles. The Kier molecular flexibility index (Phi) is 4.39. The Labute approximate surface area is 116 Å². The van der Waals surface area contributed by atoms with Gasteiger partial charge in [-0.25, -0.2) is 4.39 Å². The van der Waals surface area contributed by atoms with Crippen molar-refractivity contribution in [3.8, 4) is 6.07 Å². The van der Waals surface area contributed by atoms with Crippen LogP contribution in [0.1, 0.15) is 24.8 Å². The van der Waals surface area contributed by atoms with Crippen molar-refractivity contribution in [1.82, 2.24) is 4.90 Å². The van der Waals surface area contributed by atoms with Crippen LogP contribution in [-0.4, -0.2) is 23.4 Å². The predicted octanol–water partition coefficient (Wildman–Crippen LogP) is 2.93. The lowest BCUT2D eigenvalue weighted by molar-refractivity contribution is -0.130. The molecular weight excluding hydrogens is 267 g/mol. The molecule has 0 bridgehead atoms. The van der Waals surface area contributed by atoms with Crippen LogP contribution >= 0.6 is 11.6 Å². The molecule has 0 radical (unpaired) electrons. The first-order valence-corrected chi connectivity index (χ1v) is 6.60. The molecule has 1 atom stereocenters. The Hall–Kier alpha value is -1.60. The van der Waals surface area contributed by atoms with Gasteiger partial charge in [-0.1, -0.05) is 17.7 Å². The third-order valence-corrected chi connectivity index (χ3v) is 3.78. The van der Waals surface area contributed by atoms with Crippen LogP contribution in [0.3, 0.4) is 0 Å². The standard InChI is InChI=1S/C14H14ClFN2O/c15-12-4-1-5-13(16)11(12)9-10-3-2-8-18(10)14(19)6-7-17/h1,4-5,10H,2-3,6,8-9H2. The molecule has 1 unspecified atom stereocenters. The largest absolute Gasteiger partial charge is 0.338 e. The maximum Gasteiger partial charge on any atom is 0.237 e. The van der Waals surface area contributed by atoms with E-state index in [9.17, 15) is 9.18 Å². The molecule has 1 aliphatic rings. The van der Waals surface area contributed by atoms with E-state index in [1.54, 1.807) is 17.0 Å². The van der Waals surface area contributed by atoms with Gasteiger partial charge in [0.25, 0.3) is 0 Å². The molecule has 3 nitrogen and oxygen atoms in total. The number of carbonyl (C=O) groups excluding carboxylic acids is 1. The Morgan fingerprint density at radius 1 is 1.58 bits per heavy atom. The molecule has 1 fully saturated rings. The Morgan fingerprint density at radius 2 is 2.37 bits per heavy atom. The van der Waals surface area contributed by atoms with Gasteiger partial charge in [-0.15, -0.1) is 0 Å². The molecule has 0 aliphatic carbocycles. The second-order valence-corrected chi connectivity index (χ2v) is 5.03. The van der Waals surface area contributed by atoms with Crippen LogP contribution in [0.4, 0.5) is 4.39 Å². The average Bonchev–Trinajstić information content (AvgIpc) is 2.82. The quantitative estimate of drug-likeness (QED) is 0.854. The van der Waals surface area contributed by atoms with E-state index in [0.29, 0.717) is 23.6 Å². The Balaban J connectivity index is 2.14. The van der Waals surface area contributed by atoms with Crippen LogP contribution < -0.4 is 0 Å². The summed E-state index contributed by atoms with van der Waals surface area (Å²) >= 11 is 6.00. The van der Waals surface area contributed by atoms with Gasteiger partial charge >= 0.3 is 0 Å². The second-order valence-electron chi connectivity index (χ2n) is 4.62. The van der Waals surface area contributed by atoms with Crippen LogP contribution in [0.25, 0.3) is 0 Å². The van der Waals surface area contributed by atoms with Gasteiger partial charge in [-0.3, -0.25) is 4.79 Å². The van der Waals surface area contributed by atoms with Crippen LogP contribution in [-0.2, 0) is 11.2 Å². The summed E-state index contributed by atoms with van der Waals surface area (Å²) in [7, 11) is 0. The first kappa shape index (κ1) is 13.8. The molecule has 5 heteroatoms. The zero-order valence-corrected chi connectivity index (χ0v) is 11.2.